The molecule has 0 spiro atoms. The van der Waals surface area contributed by atoms with Crippen LogP contribution in [0.1, 0.15) is 117 Å². The number of pyridine rings is 6. The molecule has 0 aliphatic rings. The summed E-state index contributed by atoms with van der Waals surface area (Å²) in [5.41, 5.74) is 6.52. The molecule has 6 nitrogen and oxygen atoms in total. The van der Waals surface area contributed by atoms with E-state index in [1.165, 1.54) is 64.6 Å². The first-order chi connectivity index (χ1) is 56.2. The van der Waals surface area contributed by atoms with E-state index in [4.69, 9.17) is 0 Å². The van der Waals surface area contributed by atoms with Gasteiger partial charge in [0.25, 0.3) is 0 Å². The Bertz CT molecular complexity index is 4350. The zero-order valence-electron chi connectivity index (χ0n) is 79.9. The topological polar surface area (TPSA) is 77.3 Å². The number of nitrogens with zero attached hydrogens (tertiary/aromatic N) is 6. The minimum absolute atomic E-state index is 0. The van der Waals surface area contributed by atoms with Crippen LogP contribution in [0, 0.1) is 86.1 Å². The molecule has 126 heavy (non-hydrogen) atoms. The van der Waals surface area contributed by atoms with E-state index >= 15 is 0 Å². The van der Waals surface area contributed by atoms with Crippen LogP contribution < -0.4 is 0 Å². The summed E-state index contributed by atoms with van der Waals surface area (Å²) in [6.07, 6.45) is 11.3. The van der Waals surface area contributed by atoms with Crippen LogP contribution in [0.5, 0.6) is 0 Å². The van der Waals surface area contributed by atoms with E-state index in [2.05, 4.69) is 121 Å². The van der Waals surface area contributed by atoms with Crippen molar-refractivity contribution in [1.29, 1.82) is 0 Å². The molecular formula is C114H144N6V6-6. The minimum Gasteiger partial charge on any atom is -0.358 e. The normalized spacial score (nSPS) is 7.95. The molecule has 0 saturated carbocycles. The fourth-order valence-corrected chi connectivity index (χ4v) is 9.70. The summed E-state index contributed by atoms with van der Waals surface area (Å²) in [6.45, 7) is 36.1. The zero-order chi connectivity index (χ0) is 83.5. The van der Waals surface area contributed by atoms with Gasteiger partial charge in [-0.15, -0.1) is 0 Å². The van der Waals surface area contributed by atoms with Crippen LogP contribution in [0.4, 0.5) is 0 Å². The maximum atomic E-state index is 4.21. The Morgan fingerprint density at radius 3 is 0.413 bits per heavy atom. The standard InChI is InChI=1S/6C10H9N.6C6H6.6C2H6.6CH3.6V/c3*1-8-6-9-4-2-3-5-10(9)7-11-8;3*1-8-10-5-3-2-4-9(10)6-7-11-8;6*1-2-4-6-5-3-1;6*1-2;;;;;;;;;;;;/h6*2-7H,1H3;6*1-6H;6*1-2H3;6*1H3;;;;;;/q;;;;;;;;;;;;;;;;;;6*-1;;;;;;. The Kier molecular flexibility index (Phi) is 114. The number of rotatable bonds is 0. The van der Waals surface area contributed by atoms with Gasteiger partial charge in [0.15, 0.2) is 0 Å². The summed E-state index contributed by atoms with van der Waals surface area (Å²) in [5.74, 6) is 0. The van der Waals surface area contributed by atoms with Crippen LogP contribution in [0.15, 0.2) is 438 Å². The Balaban J connectivity index is -0.000000111. The van der Waals surface area contributed by atoms with E-state index in [0.717, 1.165) is 34.2 Å². The predicted molar refractivity (Wildman–Crippen MR) is 544 cm³/mol. The smallest absolute Gasteiger partial charge is 0.0450 e. The largest absolute Gasteiger partial charge is 0.358 e. The van der Waals surface area contributed by atoms with Gasteiger partial charge in [-0.1, -0.05) is 447 Å². The Hall–Kier alpha value is -9.39. The molecule has 6 aromatic heterocycles. The van der Waals surface area contributed by atoms with Crippen molar-refractivity contribution in [2.75, 3.05) is 0 Å². The molecule has 12 aromatic carbocycles. The molecule has 12 heteroatoms. The van der Waals surface area contributed by atoms with Gasteiger partial charge in [-0.2, -0.15) is 0 Å². The maximum absolute atomic E-state index is 4.21. The summed E-state index contributed by atoms with van der Waals surface area (Å²) < 4.78 is 0. The summed E-state index contributed by atoms with van der Waals surface area (Å²) in [5, 5.41) is 14.9. The average molecular weight is 1900 g/mol. The first-order valence-corrected chi connectivity index (χ1v) is 40.1. The van der Waals surface area contributed by atoms with Gasteiger partial charge in [-0.25, -0.2) is 0 Å². The van der Waals surface area contributed by atoms with Gasteiger partial charge in [-0.3, -0.25) is 29.9 Å². The molecule has 0 saturated heterocycles. The van der Waals surface area contributed by atoms with E-state index < -0.39 is 0 Å². The third-order valence-electron chi connectivity index (χ3n) is 14.9. The fraction of sp³-hybridized carbons (Fsp3) is 0.158. The van der Waals surface area contributed by atoms with Crippen molar-refractivity contribution in [2.24, 2.45) is 0 Å². The van der Waals surface area contributed by atoms with Crippen LogP contribution in [0.3, 0.4) is 0 Å². The van der Waals surface area contributed by atoms with Crippen LogP contribution in [0.2, 0.25) is 0 Å². The van der Waals surface area contributed by atoms with Crippen molar-refractivity contribution in [3.8, 4) is 0 Å². The monoisotopic (exact) mass is 1900 g/mol. The number of benzene rings is 12. The second-order valence-electron chi connectivity index (χ2n) is 22.8. The van der Waals surface area contributed by atoms with E-state index in [1.54, 1.807) is 0 Å². The summed E-state index contributed by atoms with van der Waals surface area (Å²) >= 11 is 0. The SMILES string of the molecule is CC.CC.CC.CC.CC.CC.Cc1cc2ccccc2cn1.Cc1cc2ccccc2cn1.Cc1cc2ccccc2cn1.Cc1nccc2ccccc12.Cc1nccc2ccccc12.Cc1nccc2ccccc12.[CH3-].[CH3-].[CH3-].[CH3-].[CH3-].[CH3-].[V].[V].[V].[V].[V].[V].c1ccccc1.c1ccccc1.c1ccccc1.c1ccccc1.c1ccccc1.c1ccccc1. The molecule has 18 rings (SSSR count). The van der Waals surface area contributed by atoms with Crippen molar-refractivity contribution in [3.05, 3.63) is 516 Å². The van der Waals surface area contributed by atoms with Gasteiger partial charge in [0.1, 0.15) is 0 Å². The molecule has 0 atom stereocenters. The van der Waals surface area contributed by atoms with Crippen molar-refractivity contribution >= 4 is 64.6 Å². The fourth-order valence-electron chi connectivity index (χ4n) is 9.70. The van der Waals surface area contributed by atoms with E-state index in [1.807, 2.05) is 471 Å². The Morgan fingerprint density at radius 1 is 0.143 bits per heavy atom. The molecule has 6 heterocycles. The first kappa shape index (κ1) is 142. The molecule has 0 bridgehead atoms. The van der Waals surface area contributed by atoms with E-state index in [9.17, 15) is 0 Å². The molecule has 666 valence electrons. The van der Waals surface area contributed by atoms with Crippen LogP contribution in [-0.4, -0.2) is 29.9 Å². The molecule has 0 amide bonds. The molecular weight excluding hydrogens is 1760 g/mol. The number of hydrogen-bond donors (Lipinski definition) is 0. The van der Waals surface area contributed by atoms with Gasteiger partial charge in [0.2, 0.25) is 0 Å². The first-order valence-electron chi connectivity index (χ1n) is 40.1. The van der Waals surface area contributed by atoms with Gasteiger partial charge in [0, 0.05) is 215 Å². The van der Waals surface area contributed by atoms with Crippen LogP contribution >= 0.6 is 0 Å². The van der Waals surface area contributed by atoms with Gasteiger partial charge in [-0.05, 0) is 110 Å². The number of aryl methyl sites for hydroxylation is 6. The second-order valence-corrected chi connectivity index (χ2v) is 22.8. The zero-order valence-corrected chi connectivity index (χ0v) is 88.3. The van der Waals surface area contributed by atoms with Crippen LogP contribution in [-0.2, 0) is 111 Å². The Labute approximate surface area is 838 Å². The molecule has 18 aromatic rings. The van der Waals surface area contributed by atoms with Gasteiger partial charge >= 0.3 is 0 Å². The van der Waals surface area contributed by atoms with E-state index in [0.29, 0.717) is 0 Å². The third kappa shape index (κ3) is 66.1. The van der Waals surface area contributed by atoms with Crippen LogP contribution in [0.25, 0.3) is 64.6 Å². The number of fused-ring (bicyclic) bond motifs is 6. The van der Waals surface area contributed by atoms with Gasteiger partial charge in [0.05, 0.1) is 0 Å². The Morgan fingerprint density at radius 2 is 0.270 bits per heavy atom. The van der Waals surface area contributed by atoms with Crippen molar-refractivity contribution < 1.29 is 111 Å². The number of aromatic nitrogens is 6. The van der Waals surface area contributed by atoms with E-state index in [-0.39, 0.29) is 156 Å². The third-order valence-corrected chi connectivity index (χ3v) is 14.9. The van der Waals surface area contributed by atoms with Crippen molar-refractivity contribution in [1.82, 2.24) is 29.9 Å². The molecule has 0 N–H and O–H groups in total. The molecule has 0 aliphatic carbocycles. The maximum Gasteiger partial charge on any atom is 0.0450 e. The van der Waals surface area contributed by atoms with Crippen molar-refractivity contribution in [2.45, 2.75) is 125 Å². The predicted octanol–water partition coefficient (Wildman–Crippen LogP) is 34.2. The molecule has 0 fully saturated rings. The molecule has 0 unspecified atom stereocenters. The quantitative estimate of drug-likeness (QED) is 0.141. The summed E-state index contributed by atoms with van der Waals surface area (Å²) in [7, 11) is 0. The number of hydrogen-bond acceptors (Lipinski definition) is 6. The average Bonchev–Trinajstić information content (AvgIpc) is 1.18. The minimum atomic E-state index is 0. The molecule has 6 radical (unpaired) electrons. The molecule has 0 aliphatic heterocycles. The summed E-state index contributed by atoms with van der Waals surface area (Å²) in [4.78, 5) is 25.2. The van der Waals surface area contributed by atoms with Gasteiger partial charge < -0.3 is 44.6 Å². The second kappa shape index (κ2) is 101. The van der Waals surface area contributed by atoms with Crippen molar-refractivity contribution in [3.63, 3.8) is 0 Å². The summed E-state index contributed by atoms with van der Waals surface area (Å²) in [6, 6.07) is 134.